The Morgan fingerprint density at radius 3 is 2.45 bits per heavy atom. The zero-order valence-corrected chi connectivity index (χ0v) is 13.2. The van der Waals surface area contributed by atoms with E-state index in [2.05, 4.69) is 5.32 Å². The van der Waals surface area contributed by atoms with Gasteiger partial charge in [0.05, 0.1) is 5.02 Å². The first kappa shape index (κ1) is 15.5. The lowest BCUT2D eigenvalue weighted by Crippen LogP contribution is -2.05. The van der Waals surface area contributed by atoms with Gasteiger partial charge in [-0.3, -0.25) is 0 Å². The van der Waals surface area contributed by atoms with Gasteiger partial charge in [0.15, 0.2) is 0 Å². The third kappa shape index (κ3) is 4.03. The molecule has 0 saturated heterocycles. The summed E-state index contributed by atoms with van der Waals surface area (Å²) in [4.78, 5) is 0. The third-order valence-electron chi connectivity index (χ3n) is 2.78. The molecule has 2 aromatic rings. The van der Waals surface area contributed by atoms with Gasteiger partial charge in [-0.05, 0) is 36.9 Å². The first-order valence-electron chi connectivity index (χ1n) is 6.10. The Labute approximate surface area is 133 Å². The van der Waals surface area contributed by atoms with Crippen molar-refractivity contribution in [2.75, 3.05) is 7.05 Å². The Morgan fingerprint density at radius 2 is 1.80 bits per heavy atom. The Balaban J connectivity index is 2.07. The monoisotopic (exact) mass is 329 g/mol. The molecule has 5 heteroatoms. The Bertz CT molecular complexity index is 602. The van der Waals surface area contributed by atoms with Crippen molar-refractivity contribution in [3.8, 4) is 5.75 Å². The molecule has 0 spiro atoms. The second kappa shape index (κ2) is 7.19. The summed E-state index contributed by atoms with van der Waals surface area (Å²) in [6.45, 7) is 1.12. The number of benzene rings is 2. The highest BCUT2D eigenvalue weighted by atomic mass is 35.5. The molecule has 0 bridgehead atoms. The lowest BCUT2D eigenvalue weighted by atomic mass is 10.2. The molecule has 0 aliphatic carbocycles. The van der Waals surface area contributed by atoms with Gasteiger partial charge >= 0.3 is 0 Å². The van der Waals surface area contributed by atoms with Gasteiger partial charge in [-0.2, -0.15) is 0 Å². The summed E-state index contributed by atoms with van der Waals surface area (Å²) in [6, 6.07) is 11.0. The summed E-state index contributed by atoms with van der Waals surface area (Å²) in [5.41, 5.74) is 1.97. The second-order valence-corrected chi connectivity index (χ2v) is 5.57. The van der Waals surface area contributed by atoms with Gasteiger partial charge in [0.2, 0.25) is 0 Å². The highest BCUT2D eigenvalue weighted by Crippen LogP contribution is 2.28. The molecular weight excluding hydrogens is 317 g/mol. The molecule has 0 amide bonds. The molecule has 0 radical (unpaired) electrons. The van der Waals surface area contributed by atoms with Crippen molar-refractivity contribution in [2.45, 2.75) is 13.2 Å². The molecule has 0 atom stereocenters. The molecule has 2 aromatic carbocycles. The quantitative estimate of drug-likeness (QED) is 0.838. The highest BCUT2D eigenvalue weighted by Gasteiger charge is 2.06. The SMILES string of the molecule is CNCc1ccc(OCc2ccc(Cl)cc2Cl)c(Cl)c1. The van der Waals surface area contributed by atoms with Gasteiger partial charge < -0.3 is 10.1 Å². The fourth-order valence-corrected chi connectivity index (χ4v) is 2.49. The summed E-state index contributed by atoms with van der Waals surface area (Å²) in [5, 5.41) is 4.85. The van der Waals surface area contributed by atoms with Gasteiger partial charge in [-0.15, -0.1) is 0 Å². The van der Waals surface area contributed by atoms with Crippen molar-refractivity contribution in [2.24, 2.45) is 0 Å². The van der Waals surface area contributed by atoms with Crippen LogP contribution >= 0.6 is 34.8 Å². The Morgan fingerprint density at radius 1 is 1.00 bits per heavy atom. The topological polar surface area (TPSA) is 21.3 Å². The minimum absolute atomic E-state index is 0.348. The first-order valence-corrected chi connectivity index (χ1v) is 7.23. The van der Waals surface area contributed by atoms with E-state index in [1.807, 2.05) is 31.3 Å². The molecule has 0 aliphatic rings. The number of ether oxygens (including phenoxy) is 1. The van der Waals surface area contributed by atoms with Gasteiger partial charge in [0.1, 0.15) is 12.4 Å². The van der Waals surface area contributed by atoms with Crippen molar-refractivity contribution < 1.29 is 4.74 Å². The smallest absolute Gasteiger partial charge is 0.138 e. The number of nitrogens with one attached hydrogen (secondary N) is 1. The molecule has 1 N–H and O–H groups in total. The minimum atomic E-state index is 0.348. The van der Waals surface area contributed by atoms with Crippen LogP contribution in [0.15, 0.2) is 36.4 Å². The molecule has 0 fully saturated rings. The van der Waals surface area contributed by atoms with Crippen LogP contribution in [0.25, 0.3) is 0 Å². The predicted molar refractivity (Wildman–Crippen MR) is 85.0 cm³/mol. The molecule has 0 heterocycles. The van der Waals surface area contributed by atoms with Crippen molar-refractivity contribution >= 4 is 34.8 Å². The number of hydrogen-bond donors (Lipinski definition) is 1. The van der Waals surface area contributed by atoms with E-state index in [0.29, 0.717) is 27.4 Å². The standard InChI is InChI=1S/C15H14Cl3NO/c1-19-8-10-2-5-15(14(18)6-10)20-9-11-3-4-12(16)7-13(11)17/h2-7,19H,8-9H2,1H3. The maximum Gasteiger partial charge on any atom is 0.138 e. The molecule has 2 nitrogen and oxygen atoms in total. The number of halogens is 3. The zero-order valence-electron chi connectivity index (χ0n) is 10.9. The van der Waals surface area contributed by atoms with Crippen molar-refractivity contribution in [3.05, 3.63) is 62.6 Å². The van der Waals surface area contributed by atoms with Crippen LogP contribution in [0.3, 0.4) is 0 Å². The van der Waals surface area contributed by atoms with E-state index >= 15 is 0 Å². The van der Waals surface area contributed by atoms with Gasteiger partial charge in [0, 0.05) is 22.2 Å². The van der Waals surface area contributed by atoms with Crippen LogP contribution in [0.1, 0.15) is 11.1 Å². The van der Waals surface area contributed by atoms with Crippen molar-refractivity contribution in [3.63, 3.8) is 0 Å². The molecule has 20 heavy (non-hydrogen) atoms. The average Bonchev–Trinajstić information content (AvgIpc) is 2.40. The minimum Gasteiger partial charge on any atom is -0.487 e. The van der Waals surface area contributed by atoms with Crippen LogP contribution in [0.2, 0.25) is 15.1 Å². The highest BCUT2D eigenvalue weighted by molar-refractivity contribution is 6.35. The molecule has 0 aromatic heterocycles. The van der Waals surface area contributed by atoms with E-state index in [1.165, 1.54) is 0 Å². The molecule has 2 rings (SSSR count). The fourth-order valence-electron chi connectivity index (χ4n) is 1.77. The summed E-state index contributed by atoms with van der Waals surface area (Å²) in [5.74, 6) is 0.637. The maximum atomic E-state index is 6.19. The number of hydrogen-bond acceptors (Lipinski definition) is 2. The fraction of sp³-hybridized carbons (Fsp3) is 0.200. The van der Waals surface area contributed by atoms with Crippen LogP contribution in [0.5, 0.6) is 5.75 Å². The van der Waals surface area contributed by atoms with Crippen LogP contribution < -0.4 is 10.1 Å². The van der Waals surface area contributed by atoms with E-state index in [9.17, 15) is 0 Å². The second-order valence-electron chi connectivity index (χ2n) is 4.32. The van der Waals surface area contributed by atoms with Crippen LogP contribution in [0.4, 0.5) is 0 Å². The van der Waals surface area contributed by atoms with E-state index in [0.717, 1.165) is 17.7 Å². The number of rotatable bonds is 5. The van der Waals surface area contributed by atoms with E-state index < -0.39 is 0 Å². The molecule has 0 unspecified atom stereocenters. The van der Waals surface area contributed by atoms with Crippen LogP contribution in [-0.2, 0) is 13.2 Å². The average molecular weight is 331 g/mol. The normalized spacial score (nSPS) is 10.6. The molecule has 106 valence electrons. The maximum absolute atomic E-state index is 6.19. The Hall–Kier alpha value is -0.930. The van der Waals surface area contributed by atoms with E-state index in [-0.39, 0.29) is 0 Å². The van der Waals surface area contributed by atoms with Gasteiger partial charge in [-0.1, -0.05) is 46.9 Å². The third-order valence-corrected chi connectivity index (χ3v) is 3.66. The lowest BCUT2D eigenvalue weighted by Gasteiger charge is -2.10. The molecule has 0 aliphatic heterocycles. The molecular formula is C15H14Cl3NO. The van der Waals surface area contributed by atoms with E-state index in [1.54, 1.807) is 12.1 Å². The molecule has 0 saturated carbocycles. The van der Waals surface area contributed by atoms with Crippen LogP contribution in [-0.4, -0.2) is 7.05 Å². The summed E-state index contributed by atoms with van der Waals surface area (Å²) in [7, 11) is 1.89. The first-order chi connectivity index (χ1) is 9.60. The van der Waals surface area contributed by atoms with Crippen LogP contribution in [0, 0.1) is 0 Å². The summed E-state index contributed by atoms with van der Waals surface area (Å²) < 4.78 is 5.70. The van der Waals surface area contributed by atoms with E-state index in [4.69, 9.17) is 39.5 Å². The summed E-state index contributed by atoms with van der Waals surface area (Å²) in [6.07, 6.45) is 0. The zero-order chi connectivity index (χ0) is 14.5. The van der Waals surface area contributed by atoms with Gasteiger partial charge in [-0.25, -0.2) is 0 Å². The van der Waals surface area contributed by atoms with Crippen molar-refractivity contribution in [1.29, 1.82) is 0 Å². The van der Waals surface area contributed by atoms with Gasteiger partial charge in [0.25, 0.3) is 0 Å². The predicted octanol–water partition coefficient (Wildman–Crippen LogP) is 4.95. The van der Waals surface area contributed by atoms with Crippen molar-refractivity contribution in [1.82, 2.24) is 5.32 Å². The lowest BCUT2D eigenvalue weighted by molar-refractivity contribution is 0.306. The summed E-state index contributed by atoms with van der Waals surface area (Å²) >= 11 is 18.1. The largest absolute Gasteiger partial charge is 0.487 e. The Kier molecular flexibility index (Phi) is 5.55.